The van der Waals surface area contributed by atoms with E-state index in [1.165, 1.54) is 16.8 Å². The first-order valence-electron chi connectivity index (χ1n) is 5.97. The van der Waals surface area contributed by atoms with Gasteiger partial charge in [-0.2, -0.15) is 0 Å². The summed E-state index contributed by atoms with van der Waals surface area (Å²) in [4.78, 5) is 11.1. The number of carbonyl (C=O) groups is 1. The Hall–Kier alpha value is -1.38. The maximum Gasteiger partial charge on any atom is 0.265 e. The molecule has 0 bridgehead atoms. The zero-order valence-electron chi connectivity index (χ0n) is 10.6. The fraction of sp³-hybridized carbons (Fsp3) is 0.545. The Morgan fingerprint density at radius 2 is 2.37 bits per heavy atom. The van der Waals surface area contributed by atoms with Crippen molar-refractivity contribution in [2.45, 2.75) is 23.8 Å². The number of nitrogens with two attached hydrogens (primary N) is 1. The van der Waals surface area contributed by atoms with E-state index in [-0.39, 0.29) is 23.2 Å². The maximum absolute atomic E-state index is 12.0. The second-order valence-electron chi connectivity index (χ2n) is 4.52. The molecule has 0 radical (unpaired) electrons. The molecule has 1 aliphatic heterocycles. The lowest BCUT2D eigenvalue weighted by atomic mass is 10.2. The van der Waals surface area contributed by atoms with Gasteiger partial charge in [0.15, 0.2) is 0 Å². The minimum absolute atomic E-state index is 0.0294. The number of hydrogen-bond acceptors (Lipinski definition) is 4. The van der Waals surface area contributed by atoms with Crippen LogP contribution >= 0.6 is 0 Å². The Balaban J connectivity index is 2.10. The second-order valence-corrected chi connectivity index (χ2v) is 6.29. The van der Waals surface area contributed by atoms with Crippen molar-refractivity contribution in [3.05, 3.63) is 18.0 Å². The topological polar surface area (TPSA) is 103 Å². The average molecular weight is 287 g/mol. The van der Waals surface area contributed by atoms with Crippen molar-refractivity contribution in [2.24, 2.45) is 12.8 Å². The molecule has 1 amide bonds. The molecular weight excluding hydrogens is 270 g/mol. The first-order chi connectivity index (χ1) is 8.90. The van der Waals surface area contributed by atoms with E-state index in [1.807, 2.05) is 0 Å². The van der Waals surface area contributed by atoms with Crippen LogP contribution < -0.4 is 10.5 Å². The molecule has 1 unspecified atom stereocenters. The number of amides is 1. The molecule has 8 heteroatoms. The number of hydrogen-bond donors (Lipinski definition) is 2. The van der Waals surface area contributed by atoms with Crippen molar-refractivity contribution in [3.8, 4) is 0 Å². The number of primary amides is 1. The molecule has 7 nitrogen and oxygen atoms in total. The Labute approximate surface area is 111 Å². The predicted octanol–water partition coefficient (Wildman–Crippen LogP) is -0.419. The van der Waals surface area contributed by atoms with Gasteiger partial charge in [-0.1, -0.05) is 0 Å². The van der Waals surface area contributed by atoms with Gasteiger partial charge in [-0.15, -0.1) is 0 Å². The first-order valence-corrected chi connectivity index (χ1v) is 7.46. The van der Waals surface area contributed by atoms with Crippen LogP contribution in [0.3, 0.4) is 0 Å². The van der Waals surface area contributed by atoms with Crippen molar-refractivity contribution in [2.75, 3.05) is 13.2 Å². The van der Waals surface area contributed by atoms with Gasteiger partial charge in [0, 0.05) is 26.4 Å². The zero-order chi connectivity index (χ0) is 14.0. The Bertz CT molecular complexity index is 573. The molecule has 2 rings (SSSR count). The van der Waals surface area contributed by atoms with Crippen LogP contribution in [0.1, 0.15) is 23.3 Å². The SMILES string of the molecule is Cn1cc(S(=O)(=O)NCC2CCCO2)cc1C(N)=O. The van der Waals surface area contributed by atoms with E-state index in [9.17, 15) is 13.2 Å². The minimum Gasteiger partial charge on any atom is -0.377 e. The smallest absolute Gasteiger partial charge is 0.265 e. The summed E-state index contributed by atoms with van der Waals surface area (Å²) < 4.78 is 33.3. The highest BCUT2D eigenvalue weighted by Gasteiger charge is 2.22. The van der Waals surface area contributed by atoms with E-state index in [1.54, 1.807) is 7.05 Å². The average Bonchev–Trinajstić information content (AvgIpc) is 2.95. The standard InChI is InChI=1S/C11H17N3O4S/c1-14-7-9(5-10(14)11(12)15)19(16,17)13-6-8-3-2-4-18-8/h5,7-8,13H,2-4,6H2,1H3,(H2,12,15). The van der Waals surface area contributed by atoms with Gasteiger partial charge < -0.3 is 15.0 Å². The van der Waals surface area contributed by atoms with Crippen molar-refractivity contribution < 1.29 is 17.9 Å². The van der Waals surface area contributed by atoms with E-state index >= 15 is 0 Å². The first kappa shape index (κ1) is 14.0. The van der Waals surface area contributed by atoms with Gasteiger partial charge in [-0.25, -0.2) is 13.1 Å². The highest BCUT2D eigenvalue weighted by Crippen LogP contribution is 2.15. The molecule has 0 spiro atoms. The lowest BCUT2D eigenvalue weighted by Gasteiger charge is -2.10. The Morgan fingerprint density at radius 1 is 1.63 bits per heavy atom. The van der Waals surface area contributed by atoms with Crippen molar-refractivity contribution in [3.63, 3.8) is 0 Å². The maximum atomic E-state index is 12.0. The van der Waals surface area contributed by atoms with Gasteiger partial charge in [0.05, 0.1) is 6.10 Å². The second kappa shape index (κ2) is 5.32. The summed E-state index contributed by atoms with van der Waals surface area (Å²) in [7, 11) is -2.07. The summed E-state index contributed by atoms with van der Waals surface area (Å²) in [6.07, 6.45) is 3.08. The molecule has 1 saturated heterocycles. The fourth-order valence-electron chi connectivity index (χ4n) is 2.02. The molecule has 3 N–H and O–H groups in total. The highest BCUT2D eigenvalue weighted by molar-refractivity contribution is 7.89. The molecule has 1 aromatic heterocycles. The lowest BCUT2D eigenvalue weighted by Crippen LogP contribution is -2.31. The largest absolute Gasteiger partial charge is 0.377 e. The van der Waals surface area contributed by atoms with E-state index in [0.717, 1.165) is 12.8 Å². The number of aryl methyl sites for hydroxylation is 1. The van der Waals surface area contributed by atoms with E-state index < -0.39 is 15.9 Å². The number of nitrogens with one attached hydrogen (secondary N) is 1. The minimum atomic E-state index is -3.64. The Kier molecular flexibility index (Phi) is 3.93. The van der Waals surface area contributed by atoms with Crippen LogP contribution in [0.5, 0.6) is 0 Å². The molecule has 19 heavy (non-hydrogen) atoms. The van der Waals surface area contributed by atoms with Crippen LogP contribution in [0.2, 0.25) is 0 Å². The molecule has 106 valence electrons. The molecule has 1 fully saturated rings. The van der Waals surface area contributed by atoms with Crippen LogP contribution in [0.15, 0.2) is 17.2 Å². The highest BCUT2D eigenvalue weighted by atomic mass is 32.2. The molecule has 1 aliphatic rings. The normalized spacial score (nSPS) is 19.7. The molecule has 0 aromatic carbocycles. The number of sulfonamides is 1. The van der Waals surface area contributed by atoms with Crippen LogP contribution in [0.4, 0.5) is 0 Å². The fourth-order valence-corrected chi connectivity index (χ4v) is 3.15. The van der Waals surface area contributed by atoms with Crippen molar-refractivity contribution in [1.82, 2.24) is 9.29 Å². The summed E-state index contributed by atoms with van der Waals surface area (Å²) in [5.74, 6) is -0.664. The number of carbonyl (C=O) groups excluding carboxylic acids is 1. The third-order valence-electron chi connectivity index (χ3n) is 3.07. The summed E-state index contributed by atoms with van der Waals surface area (Å²) in [6.45, 7) is 0.909. The molecule has 1 aromatic rings. The van der Waals surface area contributed by atoms with Crippen LogP contribution in [-0.4, -0.2) is 38.1 Å². The molecule has 2 heterocycles. The van der Waals surface area contributed by atoms with Crippen LogP contribution in [-0.2, 0) is 21.8 Å². The van der Waals surface area contributed by atoms with Gasteiger partial charge in [0.1, 0.15) is 10.6 Å². The molecule has 0 saturated carbocycles. The molecular formula is C11H17N3O4S. The summed E-state index contributed by atoms with van der Waals surface area (Å²) in [6, 6.07) is 1.26. The zero-order valence-corrected chi connectivity index (χ0v) is 11.4. The summed E-state index contributed by atoms with van der Waals surface area (Å²) in [5.41, 5.74) is 5.30. The number of aromatic nitrogens is 1. The van der Waals surface area contributed by atoms with Gasteiger partial charge in [-0.05, 0) is 18.9 Å². The molecule has 1 atom stereocenters. The lowest BCUT2D eigenvalue weighted by molar-refractivity contribution is 0.0992. The molecule has 0 aliphatic carbocycles. The quantitative estimate of drug-likeness (QED) is 0.767. The number of ether oxygens (including phenoxy) is 1. The van der Waals surface area contributed by atoms with E-state index in [2.05, 4.69) is 4.72 Å². The number of nitrogens with zero attached hydrogens (tertiary/aromatic N) is 1. The van der Waals surface area contributed by atoms with Crippen LogP contribution in [0.25, 0.3) is 0 Å². The van der Waals surface area contributed by atoms with Crippen molar-refractivity contribution >= 4 is 15.9 Å². The van der Waals surface area contributed by atoms with E-state index in [4.69, 9.17) is 10.5 Å². The van der Waals surface area contributed by atoms with Gasteiger partial charge in [-0.3, -0.25) is 4.79 Å². The van der Waals surface area contributed by atoms with Crippen LogP contribution in [0, 0.1) is 0 Å². The summed E-state index contributed by atoms with van der Waals surface area (Å²) >= 11 is 0. The van der Waals surface area contributed by atoms with Gasteiger partial charge in [0.25, 0.3) is 5.91 Å². The summed E-state index contributed by atoms with van der Waals surface area (Å²) in [5, 5.41) is 0. The predicted molar refractivity (Wildman–Crippen MR) is 68.1 cm³/mol. The number of rotatable bonds is 5. The van der Waals surface area contributed by atoms with Crippen molar-refractivity contribution in [1.29, 1.82) is 0 Å². The monoisotopic (exact) mass is 287 g/mol. The Morgan fingerprint density at radius 3 is 2.89 bits per heavy atom. The third kappa shape index (κ3) is 3.14. The van der Waals surface area contributed by atoms with E-state index in [0.29, 0.717) is 6.61 Å². The van der Waals surface area contributed by atoms with Gasteiger partial charge in [0.2, 0.25) is 10.0 Å². The van der Waals surface area contributed by atoms with Gasteiger partial charge >= 0.3 is 0 Å². The third-order valence-corrected chi connectivity index (χ3v) is 4.46.